The van der Waals surface area contributed by atoms with E-state index in [9.17, 15) is 29.0 Å². The first-order valence-electron chi connectivity index (χ1n) is 10.9. The Hall–Kier alpha value is -1.99. The van der Waals surface area contributed by atoms with Crippen molar-refractivity contribution in [2.75, 3.05) is 0 Å². The predicted octanol–water partition coefficient (Wildman–Crippen LogP) is 4.42. The number of benzene rings is 1. The van der Waals surface area contributed by atoms with Gasteiger partial charge < -0.3 is 19.8 Å². The smallest absolute Gasteiger partial charge is 0.329 e. The molecule has 1 atom stereocenters. The summed E-state index contributed by atoms with van der Waals surface area (Å²) >= 11 is 1.51. The van der Waals surface area contributed by atoms with Gasteiger partial charge in [0.2, 0.25) is 5.91 Å². The highest BCUT2D eigenvalue weighted by molar-refractivity contribution is 7.50. The fraction of sp³-hybridized carbons (Fsp3) is 0.478. The second kappa shape index (κ2) is 11.2. The Kier molecular flexibility index (Phi) is 8.65. The lowest BCUT2D eigenvalue weighted by atomic mass is 9.81. The molecule has 1 fully saturated rings. The third-order valence-corrected chi connectivity index (χ3v) is 7.62. The average Bonchev–Trinajstić information content (AvgIpc) is 3.24. The summed E-state index contributed by atoms with van der Waals surface area (Å²) in [6.07, 6.45) is 4.88. The molecule has 0 spiro atoms. The highest BCUT2D eigenvalue weighted by Crippen LogP contribution is 2.39. The van der Waals surface area contributed by atoms with Crippen molar-refractivity contribution < 1.29 is 29.0 Å². The summed E-state index contributed by atoms with van der Waals surface area (Å²) in [6.45, 7) is 0.273. The minimum Gasteiger partial charge on any atom is -0.481 e. The van der Waals surface area contributed by atoms with E-state index in [0.717, 1.165) is 42.5 Å². The Morgan fingerprint density at radius 2 is 1.72 bits per heavy atom. The number of hydrogen-bond donors (Lipinski definition) is 3. The van der Waals surface area contributed by atoms with Gasteiger partial charge in [-0.25, -0.2) is 0 Å². The monoisotopic (exact) mass is 479 g/mol. The van der Waals surface area contributed by atoms with Crippen LogP contribution in [0.4, 0.5) is 0 Å². The molecule has 0 radical (unpaired) electrons. The van der Waals surface area contributed by atoms with Crippen molar-refractivity contribution in [3.63, 3.8) is 0 Å². The molecule has 0 saturated heterocycles. The van der Waals surface area contributed by atoms with E-state index >= 15 is 0 Å². The van der Waals surface area contributed by atoms with Crippen LogP contribution >= 0.6 is 18.9 Å². The highest BCUT2D eigenvalue weighted by atomic mass is 32.1. The standard InChI is InChI=1S/C23H30NO6PS/c25-22(13-20-7-4-12-32-20)24(21(14-23(26)27)19-5-2-1-3-6-19)15-17-8-10-18(11-9-17)16-31(28,29)30/h4,7-12,19,21H,1-3,5-6,13-16H2,(H,26,27)(H2,28,29,30). The van der Waals surface area contributed by atoms with Crippen LogP contribution in [0.25, 0.3) is 0 Å². The quantitative estimate of drug-likeness (QED) is 0.435. The predicted molar refractivity (Wildman–Crippen MR) is 123 cm³/mol. The molecular formula is C23H30NO6PS. The van der Waals surface area contributed by atoms with E-state index in [2.05, 4.69) is 0 Å². The molecule has 3 N–H and O–H groups in total. The van der Waals surface area contributed by atoms with Crippen molar-refractivity contribution in [1.29, 1.82) is 0 Å². The third kappa shape index (κ3) is 7.55. The Morgan fingerprint density at radius 1 is 1.06 bits per heavy atom. The van der Waals surface area contributed by atoms with E-state index in [4.69, 9.17) is 0 Å². The van der Waals surface area contributed by atoms with Gasteiger partial charge >= 0.3 is 13.6 Å². The highest BCUT2D eigenvalue weighted by Gasteiger charge is 2.33. The first-order valence-corrected chi connectivity index (χ1v) is 13.5. The van der Waals surface area contributed by atoms with Crippen molar-refractivity contribution in [3.8, 4) is 0 Å². The fourth-order valence-electron chi connectivity index (χ4n) is 4.47. The van der Waals surface area contributed by atoms with Gasteiger partial charge in [-0.3, -0.25) is 14.2 Å². The number of hydrogen-bond acceptors (Lipinski definition) is 4. The van der Waals surface area contributed by atoms with Gasteiger partial charge in [-0.15, -0.1) is 11.3 Å². The van der Waals surface area contributed by atoms with E-state index in [0.29, 0.717) is 5.56 Å². The first kappa shape index (κ1) is 24.6. The molecule has 174 valence electrons. The second-order valence-corrected chi connectivity index (χ2v) is 11.2. The van der Waals surface area contributed by atoms with Crippen LogP contribution in [0.5, 0.6) is 0 Å². The van der Waals surface area contributed by atoms with Crippen LogP contribution in [0.15, 0.2) is 41.8 Å². The summed E-state index contributed by atoms with van der Waals surface area (Å²) in [6, 6.07) is 10.3. The van der Waals surface area contributed by atoms with Gasteiger partial charge in [0.15, 0.2) is 0 Å². The number of aliphatic carboxylic acids is 1. The normalized spacial score (nSPS) is 15.9. The SMILES string of the molecule is O=C(O)CC(C1CCCCC1)N(Cc1ccc(CP(=O)(O)O)cc1)C(=O)Cc1cccs1. The molecule has 7 nitrogen and oxygen atoms in total. The largest absolute Gasteiger partial charge is 0.481 e. The van der Waals surface area contributed by atoms with E-state index in [1.807, 2.05) is 17.5 Å². The number of carboxylic acid groups (broad SMARTS) is 1. The fourth-order valence-corrected chi connectivity index (χ4v) is 5.85. The number of carboxylic acids is 1. The second-order valence-electron chi connectivity index (χ2n) is 8.48. The lowest BCUT2D eigenvalue weighted by Gasteiger charge is -2.38. The van der Waals surface area contributed by atoms with Crippen molar-refractivity contribution in [2.45, 2.75) is 63.7 Å². The molecule has 1 heterocycles. The third-order valence-electron chi connectivity index (χ3n) is 5.97. The summed E-state index contributed by atoms with van der Waals surface area (Å²) in [5, 5.41) is 11.5. The first-order chi connectivity index (χ1) is 15.2. The zero-order valence-corrected chi connectivity index (χ0v) is 19.6. The molecule has 2 aromatic rings. The molecule has 1 aliphatic rings. The van der Waals surface area contributed by atoms with Gasteiger partial charge in [0.25, 0.3) is 0 Å². The van der Waals surface area contributed by atoms with Crippen LogP contribution in [0, 0.1) is 5.92 Å². The van der Waals surface area contributed by atoms with Gasteiger partial charge in [-0.1, -0.05) is 49.6 Å². The number of carbonyl (C=O) groups is 2. The van der Waals surface area contributed by atoms with E-state index in [1.54, 1.807) is 29.2 Å². The maximum Gasteiger partial charge on any atom is 0.329 e. The molecule has 32 heavy (non-hydrogen) atoms. The van der Waals surface area contributed by atoms with Gasteiger partial charge in [0.05, 0.1) is 19.0 Å². The molecule has 1 aromatic heterocycles. The van der Waals surface area contributed by atoms with Crippen LogP contribution in [-0.4, -0.2) is 37.7 Å². The van der Waals surface area contributed by atoms with Crippen LogP contribution in [0.1, 0.15) is 54.5 Å². The summed E-state index contributed by atoms with van der Waals surface area (Å²) in [7, 11) is -4.16. The summed E-state index contributed by atoms with van der Waals surface area (Å²) < 4.78 is 11.3. The minimum absolute atomic E-state index is 0.0862. The number of thiophene rings is 1. The molecule has 9 heteroatoms. The Morgan fingerprint density at radius 3 is 2.28 bits per heavy atom. The van der Waals surface area contributed by atoms with E-state index < -0.39 is 13.6 Å². The number of amides is 1. The molecule has 3 rings (SSSR count). The van der Waals surface area contributed by atoms with Crippen molar-refractivity contribution >= 4 is 30.8 Å². The number of rotatable bonds is 10. The Bertz CT molecular complexity index is 934. The lowest BCUT2D eigenvalue weighted by molar-refractivity contribution is -0.142. The molecule has 1 unspecified atom stereocenters. The van der Waals surface area contributed by atoms with Crippen LogP contribution in [0.3, 0.4) is 0 Å². The molecular weight excluding hydrogens is 449 g/mol. The van der Waals surface area contributed by atoms with Crippen molar-refractivity contribution in [3.05, 3.63) is 57.8 Å². The lowest BCUT2D eigenvalue weighted by Crippen LogP contribution is -2.46. The summed E-state index contributed by atoms with van der Waals surface area (Å²) in [5.41, 5.74) is 1.33. The molecule has 1 aliphatic carbocycles. The maximum absolute atomic E-state index is 13.4. The molecule has 0 aliphatic heterocycles. The summed E-state index contributed by atoms with van der Waals surface area (Å²) in [5.74, 6) is -0.851. The molecule has 1 amide bonds. The van der Waals surface area contributed by atoms with Gasteiger partial charge in [-0.05, 0) is 41.3 Å². The molecule has 0 bridgehead atoms. The molecule has 1 aromatic carbocycles. The average molecular weight is 480 g/mol. The Labute approximate surface area is 192 Å². The van der Waals surface area contributed by atoms with Gasteiger partial charge in [0, 0.05) is 17.5 Å². The van der Waals surface area contributed by atoms with Crippen molar-refractivity contribution in [2.24, 2.45) is 5.92 Å². The zero-order valence-electron chi connectivity index (χ0n) is 17.9. The van der Waals surface area contributed by atoms with Gasteiger partial charge in [0.1, 0.15) is 0 Å². The van der Waals surface area contributed by atoms with Crippen LogP contribution < -0.4 is 0 Å². The number of carbonyl (C=O) groups excluding carboxylic acids is 1. The summed E-state index contributed by atoms with van der Waals surface area (Å²) in [4.78, 5) is 46.1. The molecule has 1 saturated carbocycles. The van der Waals surface area contributed by atoms with E-state index in [1.165, 1.54) is 11.3 Å². The van der Waals surface area contributed by atoms with E-state index in [-0.39, 0.29) is 43.4 Å². The number of nitrogens with zero attached hydrogens (tertiary/aromatic N) is 1. The van der Waals surface area contributed by atoms with Crippen LogP contribution in [-0.2, 0) is 33.3 Å². The topological polar surface area (TPSA) is 115 Å². The van der Waals surface area contributed by atoms with Gasteiger partial charge in [-0.2, -0.15) is 0 Å². The minimum atomic E-state index is -4.16. The van der Waals surface area contributed by atoms with Crippen molar-refractivity contribution in [1.82, 2.24) is 4.90 Å². The Balaban J connectivity index is 1.85. The van der Waals surface area contributed by atoms with Crippen LogP contribution in [0.2, 0.25) is 0 Å². The zero-order chi connectivity index (χ0) is 23.1. The maximum atomic E-state index is 13.4.